The van der Waals surface area contributed by atoms with Crippen LogP contribution in [0, 0.1) is 6.92 Å². The van der Waals surface area contributed by atoms with E-state index < -0.39 is 5.92 Å². The monoisotopic (exact) mass is 484 g/mol. The van der Waals surface area contributed by atoms with Gasteiger partial charge in [-0.1, -0.05) is 12.1 Å². The van der Waals surface area contributed by atoms with Gasteiger partial charge in [-0.25, -0.2) is 28.7 Å². The predicted molar refractivity (Wildman–Crippen MR) is 136 cm³/mol. The van der Waals surface area contributed by atoms with Crippen molar-refractivity contribution in [2.24, 2.45) is 0 Å². The molecule has 0 aliphatic carbocycles. The van der Waals surface area contributed by atoms with Crippen molar-refractivity contribution in [1.82, 2.24) is 19.9 Å². The molecule has 2 N–H and O–H groups in total. The molecule has 0 fully saturated rings. The van der Waals surface area contributed by atoms with Crippen molar-refractivity contribution < 1.29 is 13.5 Å². The summed E-state index contributed by atoms with van der Waals surface area (Å²) in [5.41, 5.74) is 4.96. The number of aryl methyl sites for hydroxylation is 1. The Hall–Kier alpha value is -4.40. The molecule has 0 unspecified atom stereocenters. The van der Waals surface area contributed by atoms with Crippen molar-refractivity contribution in [3.63, 3.8) is 0 Å². The fraction of sp³-hybridized carbons (Fsp3) is 0.185. The molecular formula is C27H22F2N6O. The van der Waals surface area contributed by atoms with Gasteiger partial charge in [-0.2, -0.15) is 0 Å². The van der Waals surface area contributed by atoms with Gasteiger partial charge in [0.25, 0.3) is 5.92 Å². The molecule has 180 valence electrons. The standard InChI is InChI=1S/C27H22F2N6O/c1-15-3-6-19-24(23(15)16-4-7-21-17(11-16)13-31-26(30-2)35-21)32-14-33-25(19)34-18-5-8-22-20(12-18)27(28,29)9-10-36-22/h3-8,11-14H,9-10H2,1-2H3,(H,30,31,35)(H,32,33,34). The van der Waals surface area contributed by atoms with Crippen molar-refractivity contribution in [1.29, 1.82) is 0 Å². The van der Waals surface area contributed by atoms with Crippen LogP contribution < -0.4 is 15.4 Å². The molecule has 6 rings (SSSR count). The number of nitrogens with one attached hydrogen (secondary N) is 2. The summed E-state index contributed by atoms with van der Waals surface area (Å²) in [7, 11) is 1.78. The van der Waals surface area contributed by atoms with Gasteiger partial charge in [-0.15, -0.1) is 0 Å². The van der Waals surface area contributed by atoms with Crippen molar-refractivity contribution in [3.8, 4) is 16.9 Å². The van der Waals surface area contributed by atoms with Crippen LogP contribution in [0.2, 0.25) is 0 Å². The lowest BCUT2D eigenvalue weighted by molar-refractivity contribution is -0.0404. The molecule has 5 aromatic rings. The molecule has 3 aromatic carbocycles. The highest BCUT2D eigenvalue weighted by Gasteiger charge is 2.38. The number of halogens is 2. The molecule has 0 saturated carbocycles. The maximum Gasteiger partial charge on any atom is 0.280 e. The van der Waals surface area contributed by atoms with Crippen molar-refractivity contribution in [2.45, 2.75) is 19.3 Å². The van der Waals surface area contributed by atoms with E-state index in [1.165, 1.54) is 12.4 Å². The topological polar surface area (TPSA) is 84.9 Å². The summed E-state index contributed by atoms with van der Waals surface area (Å²) >= 11 is 0. The minimum absolute atomic E-state index is 0.00298. The lowest BCUT2D eigenvalue weighted by Crippen LogP contribution is -2.24. The minimum atomic E-state index is -2.93. The zero-order valence-electron chi connectivity index (χ0n) is 19.6. The average molecular weight is 485 g/mol. The Morgan fingerprint density at radius 3 is 2.75 bits per heavy atom. The number of alkyl halides is 2. The summed E-state index contributed by atoms with van der Waals surface area (Å²) in [5, 5.41) is 7.85. The Morgan fingerprint density at radius 1 is 1.00 bits per heavy atom. The van der Waals surface area contributed by atoms with Crippen LogP contribution in [0.4, 0.5) is 26.2 Å². The molecule has 1 aliphatic heterocycles. The number of aromatic nitrogens is 4. The van der Waals surface area contributed by atoms with E-state index in [2.05, 4.69) is 30.6 Å². The zero-order chi connectivity index (χ0) is 24.9. The highest BCUT2D eigenvalue weighted by molar-refractivity contribution is 6.02. The van der Waals surface area contributed by atoms with E-state index in [0.29, 0.717) is 17.5 Å². The van der Waals surface area contributed by atoms with Crippen LogP contribution in [0.25, 0.3) is 32.9 Å². The quantitative estimate of drug-likeness (QED) is 0.314. The molecule has 0 radical (unpaired) electrons. The third kappa shape index (κ3) is 3.73. The van der Waals surface area contributed by atoms with Gasteiger partial charge in [-0.3, -0.25) is 0 Å². The summed E-state index contributed by atoms with van der Waals surface area (Å²) in [5.74, 6) is -1.63. The van der Waals surface area contributed by atoms with Crippen LogP contribution in [0.1, 0.15) is 17.5 Å². The molecule has 0 spiro atoms. The highest BCUT2D eigenvalue weighted by Crippen LogP contribution is 2.43. The lowest BCUT2D eigenvalue weighted by Gasteiger charge is -2.26. The molecule has 0 atom stereocenters. The van der Waals surface area contributed by atoms with Crippen LogP contribution in [0.3, 0.4) is 0 Å². The molecule has 3 heterocycles. The summed E-state index contributed by atoms with van der Waals surface area (Å²) in [6, 6.07) is 14.7. The number of rotatable bonds is 4. The van der Waals surface area contributed by atoms with E-state index in [-0.39, 0.29) is 24.3 Å². The number of benzene rings is 3. The number of hydrogen-bond acceptors (Lipinski definition) is 7. The van der Waals surface area contributed by atoms with Crippen molar-refractivity contribution in [3.05, 3.63) is 72.2 Å². The average Bonchev–Trinajstić information content (AvgIpc) is 2.88. The van der Waals surface area contributed by atoms with Crippen LogP contribution >= 0.6 is 0 Å². The molecule has 0 bridgehead atoms. The SMILES string of the molecule is CNc1ncc2cc(-c3c(C)ccc4c(Nc5ccc6c(c5)C(F)(F)CCO6)ncnc34)ccc2n1. The number of nitrogens with zero attached hydrogens (tertiary/aromatic N) is 4. The second-order valence-corrected chi connectivity index (χ2v) is 8.73. The molecule has 7 nitrogen and oxygen atoms in total. The van der Waals surface area contributed by atoms with Crippen molar-refractivity contribution >= 4 is 39.3 Å². The van der Waals surface area contributed by atoms with Crippen LogP contribution in [-0.4, -0.2) is 33.6 Å². The first-order valence-corrected chi connectivity index (χ1v) is 11.5. The maximum absolute atomic E-state index is 14.5. The van der Waals surface area contributed by atoms with Gasteiger partial charge in [0.15, 0.2) is 0 Å². The highest BCUT2D eigenvalue weighted by atomic mass is 19.3. The van der Waals surface area contributed by atoms with E-state index in [0.717, 1.165) is 38.5 Å². The van der Waals surface area contributed by atoms with Gasteiger partial charge in [0.1, 0.15) is 17.9 Å². The van der Waals surface area contributed by atoms with E-state index in [9.17, 15) is 8.78 Å². The van der Waals surface area contributed by atoms with Crippen LogP contribution in [-0.2, 0) is 5.92 Å². The summed E-state index contributed by atoms with van der Waals surface area (Å²) < 4.78 is 34.3. The number of hydrogen-bond donors (Lipinski definition) is 2. The largest absolute Gasteiger partial charge is 0.493 e. The van der Waals surface area contributed by atoms with Crippen molar-refractivity contribution in [2.75, 3.05) is 24.3 Å². The normalized spacial score (nSPS) is 14.3. The van der Waals surface area contributed by atoms with Gasteiger partial charge in [0.2, 0.25) is 5.95 Å². The molecule has 0 amide bonds. The smallest absolute Gasteiger partial charge is 0.280 e. The molecule has 36 heavy (non-hydrogen) atoms. The fourth-order valence-corrected chi connectivity index (χ4v) is 4.58. The van der Waals surface area contributed by atoms with E-state index >= 15 is 0 Å². The molecular weight excluding hydrogens is 462 g/mol. The van der Waals surface area contributed by atoms with Gasteiger partial charge in [0, 0.05) is 35.3 Å². The van der Waals surface area contributed by atoms with Gasteiger partial charge >= 0.3 is 0 Å². The van der Waals surface area contributed by atoms with Gasteiger partial charge in [0.05, 0.1) is 29.6 Å². The van der Waals surface area contributed by atoms with E-state index in [1.54, 1.807) is 25.4 Å². The second kappa shape index (κ2) is 8.37. The van der Waals surface area contributed by atoms with E-state index in [1.807, 2.05) is 37.3 Å². The Labute approximate surface area is 205 Å². The van der Waals surface area contributed by atoms with Crippen LogP contribution in [0.5, 0.6) is 5.75 Å². The Bertz CT molecular complexity index is 1640. The first-order chi connectivity index (χ1) is 17.4. The van der Waals surface area contributed by atoms with Crippen LogP contribution in [0.15, 0.2) is 61.1 Å². The number of fused-ring (bicyclic) bond motifs is 3. The maximum atomic E-state index is 14.5. The molecule has 1 aliphatic rings. The lowest BCUT2D eigenvalue weighted by atomic mass is 9.96. The third-order valence-corrected chi connectivity index (χ3v) is 6.42. The Morgan fingerprint density at radius 2 is 1.89 bits per heavy atom. The third-order valence-electron chi connectivity index (χ3n) is 6.42. The first-order valence-electron chi connectivity index (χ1n) is 11.5. The summed E-state index contributed by atoms with van der Waals surface area (Å²) in [4.78, 5) is 17.8. The molecule has 9 heteroatoms. The van der Waals surface area contributed by atoms with E-state index in [4.69, 9.17) is 4.74 Å². The summed E-state index contributed by atoms with van der Waals surface area (Å²) in [6.45, 7) is 2.03. The second-order valence-electron chi connectivity index (χ2n) is 8.73. The predicted octanol–water partition coefficient (Wildman–Crippen LogP) is 6.21. The Kier molecular flexibility index (Phi) is 5.13. The van der Waals surface area contributed by atoms with Gasteiger partial charge < -0.3 is 15.4 Å². The molecule has 2 aromatic heterocycles. The number of ether oxygens (including phenoxy) is 1. The zero-order valence-corrected chi connectivity index (χ0v) is 19.6. The summed E-state index contributed by atoms with van der Waals surface area (Å²) in [6.07, 6.45) is 2.93. The first kappa shape index (κ1) is 22.1. The molecule has 0 saturated heterocycles. The number of anilines is 3. The van der Waals surface area contributed by atoms with Gasteiger partial charge in [-0.05, 0) is 54.4 Å². The minimum Gasteiger partial charge on any atom is -0.493 e. The Balaban J connectivity index is 1.44. The fourth-order valence-electron chi connectivity index (χ4n) is 4.58.